The summed E-state index contributed by atoms with van der Waals surface area (Å²) < 4.78 is 17.7. The number of ether oxygens (including phenoxy) is 3. The number of nitrogens with one attached hydrogen (secondary N) is 1. The van der Waals surface area contributed by atoms with Gasteiger partial charge in [0, 0.05) is 71.0 Å². The molecule has 5 rings (SSSR count). The van der Waals surface area contributed by atoms with Crippen LogP contribution in [-0.4, -0.2) is 53.4 Å². The lowest BCUT2D eigenvalue weighted by Gasteiger charge is -2.33. The lowest BCUT2D eigenvalue weighted by Crippen LogP contribution is -2.40. The topological polar surface area (TPSA) is 123 Å². The fourth-order valence-corrected chi connectivity index (χ4v) is 6.40. The van der Waals surface area contributed by atoms with Gasteiger partial charge >= 0.3 is 17.6 Å². The molecule has 11 nitrogen and oxygen atoms in total. The maximum absolute atomic E-state index is 13.5. The van der Waals surface area contributed by atoms with E-state index in [1.54, 1.807) is 36.4 Å². The van der Waals surface area contributed by atoms with E-state index in [0.29, 0.717) is 44.6 Å². The van der Waals surface area contributed by atoms with Gasteiger partial charge in [-0.1, -0.05) is 46.4 Å². The molecule has 228 valence electrons. The molecule has 0 amide bonds. The highest BCUT2D eigenvalue weighted by atomic mass is 35.5. The Morgan fingerprint density at radius 2 is 1.42 bits per heavy atom. The Labute approximate surface area is 265 Å². The van der Waals surface area contributed by atoms with Crippen LogP contribution in [0.5, 0.6) is 0 Å². The average molecular weight is 672 g/mol. The van der Waals surface area contributed by atoms with Crippen LogP contribution in [0.4, 0.5) is 11.4 Å². The summed E-state index contributed by atoms with van der Waals surface area (Å²) in [6.45, 7) is 3.19. The molecule has 0 saturated carbocycles. The summed E-state index contributed by atoms with van der Waals surface area (Å²) in [6, 6.07) is 10.1. The minimum Gasteiger partial charge on any atom is -0.463 e. The minimum atomic E-state index is -0.947. The van der Waals surface area contributed by atoms with Crippen molar-refractivity contribution in [2.24, 2.45) is 0 Å². The van der Waals surface area contributed by atoms with Crippen LogP contribution >= 0.6 is 46.4 Å². The lowest BCUT2D eigenvalue weighted by molar-refractivity contribution is -0.155. The molecule has 3 atom stereocenters. The van der Waals surface area contributed by atoms with Crippen molar-refractivity contribution in [2.45, 2.75) is 44.9 Å². The second kappa shape index (κ2) is 12.8. The third-order valence-electron chi connectivity index (χ3n) is 7.06. The van der Waals surface area contributed by atoms with Gasteiger partial charge in [0.15, 0.2) is 0 Å². The number of aromatic amines is 1. The van der Waals surface area contributed by atoms with Crippen molar-refractivity contribution in [1.82, 2.24) is 9.55 Å². The molecule has 2 aliphatic rings. The minimum absolute atomic E-state index is 0.0722. The van der Waals surface area contributed by atoms with Crippen LogP contribution < -0.4 is 21.0 Å². The molecular formula is C28H26Cl4N4O7. The highest BCUT2D eigenvalue weighted by molar-refractivity contribution is 6.35. The second-order valence-electron chi connectivity index (χ2n) is 10.1. The first-order valence-electron chi connectivity index (χ1n) is 13.2. The van der Waals surface area contributed by atoms with Crippen molar-refractivity contribution < 1.29 is 23.8 Å². The first-order valence-corrected chi connectivity index (χ1v) is 14.7. The van der Waals surface area contributed by atoms with Gasteiger partial charge in [0.1, 0.15) is 31.2 Å². The Kier molecular flexibility index (Phi) is 9.29. The summed E-state index contributed by atoms with van der Waals surface area (Å²) >= 11 is 25.3. The summed E-state index contributed by atoms with van der Waals surface area (Å²) in [6.07, 6.45) is -1.85. The summed E-state index contributed by atoms with van der Waals surface area (Å²) in [7, 11) is 0. The normalized spacial score (nSPS) is 20.5. The first-order chi connectivity index (χ1) is 20.4. The van der Waals surface area contributed by atoms with Crippen LogP contribution in [0.1, 0.15) is 38.2 Å². The van der Waals surface area contributed by atoms with Gasteiger partial charge in [0.2, 0.25) is 0 Å². The van der Waals surface area contributed by atoms with Crippen LogP contribution in [0.15, 0.2) is 52.2 Å². The van der Waals surface area contributed by atoms with Gasteiger partial charge in [0.05, 0.1) is 5.56 Å². The van der Waals surface area contributed by atoms with Gasteiger partial charge in [-0.25, -0.2) is 4.79 Å². The van der Waals surface area contributed by atoms with Crippen molar-refractivity contribution in [3.63, 3.8) is 0 Å². The smallest absolute Gasteiger partial charge is 0.330 e. The third kappa shape index (κ3) is 6.97. The number of hydrogen-bond acceptors (Lipinski definition) is 9. The molecule has 2 aliphatic heterocycles. The Morgan fingerprint density at radius 1 is 0.884 bits per heavy atom. The van der Waals surface area contributed by atoms with Crippen LogP contribution in [0, 0.1) is 0 Å². The molecule has 0 spiro atoms. The molecule has 3 aromatic rings. The average Bonchev–Trinajstić information content (AvgIpc) is 3.50. The molecule has 3 heterocycles. The van der Waals surface area contributed by atoms with E-state index >= 15 is 0 Å². The molecule has 1 aromatic heterocycles. The number of anilines is 2. The number of rotatable bonds is 7. The molecule has 0 unspecified atom stereocenters. The monoisotopic (exact) mass is 670 g/mol. The van der Waals surface area contributed by atoms with Gasteiger partial charge < -0.3 is 24.0 Å². The van der Waals surface area contributed by atoms with Crippen LogP contribution in [0.3, 0.4) is 0 Å². The SMILES string of the molecule is CC(=O)OC[C@H]1O[C@@H](n2cc(C3N(c4cc(Cl)cc(Cl)c4)CCN3c3cc(Cl)cc(Cl)c3)c(=O)[nH]c2=O)C[C@@H]1OC(C)=O. The van der Waals surface area contributed by atoms with E-state index in [4.69, 9.17) is 60.6 Å². The number of esters is 2. The standard InChI is InChI=1S/C28H26Cl4N4O7/c1-14(37)41-13-24-23(42-15(2)38)11-25(43-24)36-12-22(26(39)33-28(36)40)27-34(20-7-16(29)5-17(30)8-20)3-4-35(27)21-9-18(31)6-19(32)10-21/h5-10,12,23-25,27H,3-4,11,13H2,1-2H3,(H,33,39,40)/t23-,24+,25+/m0/s1. The number of hydrogen-bond donors (Lipinski definition) is 1. The van der Waals surface area contributed by atoms with Crippen molar-refractivity contribution >= 4 is 69.7 Å². The van der Waals surface area contributed by atoms with E-state index in [1.807, 2.05) is 9.80 Å². The van der Waals surface area contributed by atoms with E-state index in [0.717, 1.165) is 0 Å². The highest BCUT2D eigenvalue weighted by Crippen LogP contribution is 2.40. The molecule has 1 N–H and O–H groups in total. The van der Waals surface area contributed by atoms with E-state index in [2.05, 4.69) is 4.98 Å². The van der Waals surface area contributed by atoms with Gasteiger partial charge in [-0.15, -0.1) is 0 Å². The third-order valence-corrected chi connectivity index (χ3v) is 7.94. The Bertz CT molecular complexity index is 1580. The molecule has 43 heavy (non-hydrogen) atoms. The Morgan fingerprint density at radius 3 is 1.91 bits per heavy atom. The fourth-order valence-electron chi connectivity index (χ4n) is 5.37. The number of halogens is 4. The maximum Gasteiger partial charge on any atom is 0.330 e. The van der Waals surface area contributed by atoms with E-state index in [9.17, 15) is 19.2 Å². The second-order valence-corrected chi connectivity index (χ2v) is 11.8. The molecule has 0 aliphatic carbocycles. The Hall–Kier alpha value is -3.22. The number of benzene rings is 2. The van der Waals surface area contributed by atoms with Crippen molar-refractivity contribution in [2.75, 3.05) is 29.5 Å². The molecule has 0 bridgehead atoms. The molecule has 2 saturated heterocycles. The van der Waals surface area contributed by atoms with E-state index in [1.165, 1.54) is 24.6 Å². The van der Waals surface area contributed by atoms with Crippen LogP contribution in [-0.2, 0) is 23.8 Å². The predicted molar refractivity (Wildman–Crippen MR) is 162 cm³/mol. The van der Waals surface area contributed by atoms with Crippen LogP contribution in [0.2, 0.25) is 20.1 Å². The van der Waals surface area contributed by atoms with Gasteiger partial charge in [-0.2, -0.15) is 0 Å². The zero-order valence-corrected chi connectivity index (χ0v) is 25.9. The zero-order chi connectivity index (χ0) is 31.0. The van der Waals surface area contributed by atoms with Crippen molar-refractivity contribution in [3.05, 3.63) is 89.1 Å². The Balaban J connectivity index is 1.59. The number of aromatic nitrogens is 2. The summed E-state index contributed by atoms with van der Waals surface area (Å²) in [4.78, 5) is 56.0. The van der Waals surface area contributed by atoms with Gasteiger partial charge in [-0.3, -0.25) is 23.9 Å². The summed E-state index contributed by atoms with van der Waals surface area (Å²) in [5.74, 6) is -1.10. The maximum atomic E-state index is 13.5. The van der Waals surface area contributed by atoms with Gasteiger partial charge in [0.25, 0.3) is 5.56 Å². The lowest BCUT2D eigenvalue weighted by atomic mass is 10.1. The largest absolute Gasteiger partial charge is 0.463 e. The molecule has 0 radical (unpaired) electrons. The molecule has 15 heteroatoms. The first kappa shape index (κ1) is 31.2. The predicted octanol–water partition coefficient (Wildman–Crippen LogP) is 4.96. The van der Waals surface area contributed by atoms with Crippen LogP contribution in [0.25, 0.3) is 0 Å². The summed E-state index contributed by atoms with van der Waals surface area (Å²) in [5, 5.41) is 1.61. The number of carbonyl (C=O) groups is 2. The molecule has 2 aromatic carbocycles. The molecular weight excluding hydrogens is 646 g/mol. The van der Waals surface area contributed by atoms with Crippen molar-refractivity contribution in [3.8, 4) is 0 Å². The van der Waals surface area contributed by atoms with E-state index in [-0.39, 0.29) is 18.6 Å². The quantitative estimate of drug-likeness (QED) is 0.347. The summed E-state index contributed by atoms with van der Waals surface area (Å²) in [5.41, 5.74) is 0.115. The number of H-pyrrole nitrogens is 1. The fraction of sp³-hybridized carbons (Fsp3) is 0.357. The number of carbonyl (C=O) groups excluding carboxylic acids is 2. The highest BCUT2D eigenvalue weighted by Gasteiger charge is 2.41. The van der Waals surface area contributed by atoms with E-state index < -0.39 is 47.8 Å². The molecule has 2 fully saturated rings. The van der Waals surface area contributed by atoms with Crippen molar-refractivity contribution in [1.29, 1.82) is 0 Å². The van der Waals surface area contributed by atoms with Gasteiger partial charge in [-0.05, 0) is 36.4 Å². The zero-order valence-electron chi connectivity index (χ0n) is 22.9. The number of nitrogens with zero attached hydrogens (tertiary/aromatic N) is 3.